The third-order valence-electron chi connectivity index (χ3n) is 5.39. The molecule has 0 atom stereocenters. The topological polar surface area (TPSA) is 53.6 Å². The minimum absolute atomic E-state index is 0.164. The highest BCUT2D eigenvalue weighted by atomic mass is 32.1. The van der Waals surface area contributed by atoms with Crippen LogP contribution in [0.15, 0.2) is 36.4 Å². The van der Waals surface area contributed by atoms with Gasteiger partial charge in [-0.05, 0) is 60.2 Å². The molecule has 2 heterocycles. The fourth-order valence-electron chi connectivity index (χ4n) is 3.64. The van der Waals surface area contributed by atoms with Crippen LogP contribution in [0, 0.1) is 17.5 Å². The van der Waals surface area contributed by atoms with E-state index in [0.717, 1.165) is 42.1 Å². The summed E-state index contributed by atoms with van der Waals surface area (Å²) in [6.07, 6.45) is -1.23. The maximum absolute atomic E-state index is 14.1. The van der Waals surface area contributed by atoms with E-state index in [1.165, 1.54) is 25.2 Å². The molecule has 11 heteroatoms. The fourth-order valence-corrected chi connectivity index (χ4v) is 4.21. The van der Waals surface area contributed by atoms with Crippen LogP contribution in [0.1, 0.15) is 35.8 Å². The quantitative estimate of drug-likeness (QED) is 0.305. The van der Waals surface area contributed by atoms with Crippen LogP contribution in [0.4, 0.5) is 31.5 Å². The maximum atomic E-state index is 14.1. The summed E-state index contributed by atoms with van der Waals surface area (Å²) in [4.78, 5) is 3.08. The number of nitrogens with zero attached hydrogens (tertiary/aromatic N) is 2. The second kappa shape index (κ2) is 9.05. The highest BCUT2D eigenvalue weighted by Crippen LogP contribution is 2.45. The first kappa shape index (κ1) is 23.1. The van der Waals surface area contributed by atoms with Crippen molar-refractivity contribution in [3.8, 4) is 11.3 Å². The van der Waals surface area contributed by atoms with E-state index in [2.05, 4.69) is 20.5 Å². The van der Waals surface area contributed by atoms with E-state index in [4.69, 9.17) is 0 Å². The van der Waals surface area contributed by atoms with Crippen LogP contribution in [0.5, 0.6) is 0 Å². The third kappa shape index (κ3) is 4.82. The van der Waals surface area contributed by atoms with Gasteiger partial charge in [0.05, 0.1) is 11.2 Å². The molecule has 1 fully saturated rings. The Morgan fingerprint density at radius 2 is 1.70 bits per heavy atom. The first-order valence-electron chi connectivity index (χ1n) is 10.0. The number of hydrogen-bond acceptors (Lipinski definition) is 4. The molecule has 4 nitrogen and oxygen atoms in total. The van der Waals surface area contributed by atoms with Gasteiger partial charge in [-0.1, -0.05) is 17.8 Å². The number of anilines is 1. The summed E-state index contributed by atoms with van der Waals surface area (Å²) in [6.45, 7) is 0. The van der Waals surface area contributed by atoms with Gasteiger partial charge in [0.25, 0.3) is 0 Å². The molecule has 33 heavy (non-hydrogen) atoms. The van der Waals surface area contributed by atoms with Gasteiger partial charge in [0, 0.05) is 18.5 Å². The summed E-state index contributed by atoms with van der Waals surface area (Å²) in [5.74, 6) is -1.18. The molecule has 0 aliphatic heterocycles. The average molecular weight is 484 g/mol. The van der Waals surface area contributed by atoms with Gasteiger partial charge in [-0.2, -0.15) is 13.2 Å². The first-order chi connectivity index (χ1) is 15.7. The lowest BCUT2D eigenvalue weighted by Gasteiger charge is -2.26. The fraction of sp³-hybridized carbons (Fsp3) is 0.273. The van der Waals surface area contributed by atoms with Crippen molar-refractivity contribution in [2.45, 2.75) is 31.4 Å². The van der Waals surface area contributed by atoms with Crippen molar-refractivity contribution in [2.75, 3.05) is 12.4 Å². The highest BCUT2D eigenvalue weighted by Gasteiger charge is 2.35. The monoisotopic (exact) mass is 484 g/mol. The standard InChI is InChI=1S/C18H14F3N.C4H4F3N3S/c19-12-6-4-11(5-7-12)17-16(10-2-1-3-10)14-8-13(20)9-15(21)18(14)22-17;1-8-3-10-9-2(11-3)4(5,6)7/h4-10,22H,1-3H2;1H3,(H,8,10). The SMILES string of the molecule is CNc1nnc(C(F)(F)F)s1.Fc1ccc(-c2[nH]c3c(F)cc(F)cc3c2C2CCC2)cc1. The molecule has 0 radical (unpaired) electrons. The summed E-state index contributed by atoms with van der Waals surface area (Å²) >= 11 is 0.481. The lowest BCUT2D eigenvalue weighted by Crippen LogP contribution is -2.09. The lowest BCUT2D eigenvalue weighted by atomic mass is 9.78. The number of hydrogen-bond donors (Lipinski definition) is 2. The highest BCUT2D eigenvalue weighted by molar-refractivity contribution is 7.15. The van der Waals surface area contributed by atoms with Gasteiger partial charge >= 0.3 is 6.18 Å². The van der Waals surface area contributed by atoms with Gasteiger partial charge in [0.1, 0.15) is 17.5 Å². The number of nitrogens with one attached hydrogen (secondary N) is 2. The largest absolute Gasteiger partial charge is 0.445 e. The van der Waals surface area contributed by atoms with Crippen molar-refractivity contribution in [1.82, 2.24) is 15.2 Å². The van der Waals surface area contributed by atoms with Gasteiger partial charge < -0.3 is 10.3 Å². The number of aromatic amines is 1. The molecule has 2 aromatic heterocycles. The van der Waals surface area contributed by atoms with Crippen molar-refractivity contribution >= 4 is 27.4 Å². The van der Waals surface area contributed by atoms with Crippen molar-refractivity contribution < 1.29 is 26.3 Å². The van der Waals surface area contributed by atoms with Crippen molar-refractivity contribution in [2.24, 2.45) is 0 Å². The van der Waals surface area contributed by atoms with Crippen LogP contribution in [0.2, 0.25) is 0 Å². The Morgan fingerprint density at radius 3 is 2.21 bits per heavy atom. The predicted molar refractivity (Wildman–Crippen MR) is 115 cm³/mol. The lowest BCUT2D eigenvalue weighted by molar-refractivity contribution is -0.138. The predicted octanol–water partition coefficient (Wildman–Crippen LogP) is 7.12. The summed E-state index contributed by atoms with van der Waals surface area (Å²) in [7, 11) is 1.49. The molecule has 0 saturated heterocycles. The van der Waals surface area contributed by atoms with Crippen LogP contribution >= 0.6 is 11.3 Å². The number of benzene rings is 2. The van der Waals surface area contributed by atoms with Gasteiger partial charge in [-0.25, -0.2) is 13.2 Å². The Morgan fingerprint density at radius 1 is 1.00 bits per heavy atom. The average Bonchev–Trinajstić information content (AvgIpc) is 3.34. The molecule has 2 N–H and O–H groups in total. The molecule has 1 saturated carbocycles. The molecule has 0 bridgehead atoms. The van der Waals surface area contributed by atoms with Crippen LogP contribution in [0.3, 0.4) is 0 Å². The zero-order valence-electron chi connectivity index (χ0n) is 17.2. The van der Waals surface area contributed by atoms with Gasteiger partial charge in [-0.3, -0.25) is 0 Å². The molecule has 2 aromatic carbocycles. The number of aromatic nitrogens is 3. The Kier molecular flexibility index (Phi) is 6.33. The zero-order valence-corrected chi connectivity index (χ0v) is 18.0. The Bertz CT molecular complexity index is 1260. The van der Waals surface area contributed by atoms with Gasteiger partial charge in [-0.15, -0.1) is 10.2 Å². The molecule has 0 unspecified atom stereocenters. The van der Waals surface area contributed by atoms with Crippen molar-refractivity contribution in [1.29, 1.82) is 0 Å². The Labute approximate surface area is 188 Å². The molecule has 0 spiro atoms. The Hall–Kier alpha value is -3.08. The molecular weight excluding hydrogens is 466 g/mol. The molecule has 174 valence electrons. The molecule has 4 aromatic rings. The number of H-pyrrole nitrogens is 1. The number of fused-ring (bicyclic) bond motifs is 1. The normalized spacial score (nSPS) is 14.0. The van der Waals surface area contributed by atoms with Crippen molar-refractivity contribution in [3.63, 3.8) is 0 Å². The molecular formula is C22H18F6N4S. The van der Waals surface area contributed by atoms with Crippen molar-refractivity contribution in [3.05, 3.63) is 64.4 Å². The van der Waals surface area contributed by atoms with Crippen LogP contribution in [-0.4, -0.2) is 22.2 Å². The summed E-state index contributed by atoms with van der Waals surface area (Å²) < 4.78 is 76.3. The maximum Gasteiger partial charge on any atom is 0.445 e. The second-order valence-corrected chi connectivity index (χ2v) is 8.50. The minimum Gasteiger partial charge on any atom is -0.363 e. The van der Waals surface area contributed by atoms with Crippen LogP contribution < -0.4 is 5.32 Å². The number of halogens is 6. The molecule has 1 aliphatic rings. The molecule has 1 aliphatic carbocycles. The number of alkyl halides is 3. The Balaban J connectivity index is 0.000000200. The van der Waals surface area contributed by atoms with E-state index in [1.807, 2.05) is 0 Å². The number of rotatable bonds is 3. The van der Waals surface area contributed by atoms with E-state index in [1.54, 1.807) is 12.1 Å². The van der Waals surface area contributed by atoms with Gasteiger partial charge in [0.2, 0.25) is 10.1 Å². The zero-order chi connectivity index (χ0) is 23.8. The van der Waals surface area contributed by atoms with E-state index in [0.29, 0.717) is 28.2 Å². The summed E-state index contributed by atoms with van der Waals surface area (Å²) in [5, 5.41) is 8.48. The first-order valence-corrected chi connectivity index (χ1v) is 10.8. The van der Waals surface area contributed by atoms with Gasteiger partial charge in [0.15, 0.2) is 0 Å². The summed E-state index contributed by atoms with van der Waals surface area (Å²) in [6, 6.07) is 8.35. The van der Waals surface area contributed by atoms with E-state index in [9.17, 15) is 26.3 Å². The third-order valence-corrected chi connectivity index (χ3v) is 6.38. The smallest absolute Gasteiger partial charge is 0.363 e. The molecule has 5 rings (SSSR count). The second-order valence-electron chi connectivity index (χ2n) is 7.52. The minimum atomic E-state index is -4.38. The van der Waals surface area contributed by atoms with E-state index >= 15 is 0 Å². The van der Waals surface area contributed by atoms with Crippen LogP contribution in [0.25, 0.3) is 22.2 Å². The van der Waals surface area contributed by atoms with E-state index in [-0.39, 0.29) is 10.9 Å². The summed E-state index contributed by atoms with van der Waals surface area (Å²) in [5.41, 5.74) is 2.83. The molecule has 0 amide bonds. The van der Waals surface area contributed by atoms with E-state index < -0.39 is 22.8 Å². The van der Waals surface area contributed by atoms with Crippen LogP contribution in [-0.2, 0) is 6.18 Å².